The third-order valence-electron chi connectivity index (χ3n) is 4.43. The molecule has 0 saturated carbocycles. The maximum absolute atomic E-state index is 12.8. The Hall–Kier alpha value is -2.96. The molecule has 0 aliphatic carbocycles. The number of hydrogen-bond donors (Lipinski definition) is 0. The van der Waals surface area contributed by atoms with E-state index in [2.05, 4.69) is 10.1 Å². The van der Waals surface area contributed by atoms with Gasteiger partial charge >= 0.3 is 0 Å². The fourth-order valence-corrected chi connectivity index (χ4v) is 4.48. The van der Waals surface area contributed by atoms with Gasteiger partial charge < -0.3 is 14.0 Å². The standard InChI is InChI=1S/C19H21N3O7S2/c1-22(31(25,26)15-8-6-14(7-9-15)30(4,23)24)12-18-20-19(21-29-18)13-5-10-16(27-2)17(11-13)28-3/h5-11H,12H2,1-4H3. The van der Waals surface area contributed by atoms with Crippen LogP contribution in [0.2, 0.25) is 0 Å². The summed E-state index contributed by atoms with van der Waals surface area (Å²) in [5.41, 5.74) is 0.606. The number of nitrogens with zero attached hydrogens (tertiary/aromatic N) is 3. The van der Waals surface area contributed by atoms with Gasteiger partial charge in [0.2, 0.25) is 21.7 Å². The number of ether oxygens (including phenoxy) is 2. The third-order valence-corrected chi connectivity index (χ3v) is 7.37. The fourth-order valence-electron chi connectivity index (χ4n) is 2.73. The van der Waals surface area contributed by atoms with Gasteiger partial charge in [-0.3, -0.25) is 0 Å². The summed E-state index contributed by atoms with van der Waals surface area (Å²) in [5.74, 6) is 1.38. The molecule has 0 spiro atoms. The smallest absolute Gasteiger partial charge is 0.243 e. The van der Waals surface area contributed by atoms with Crippen molar-refractivity contribution in [3.8, 4) is 22.9 Å². The molecule has 3 aromatic rings. The molecule has 0 aliphatic rings. The Morgan fingerprint density at radius 2 is 1.55 bits per heavy atom. The average Bonchev–Trinajstić information content (AvgIpc) is 3.21. The molecule has 0 radical (unpaired) electrons. The normalized spacial score (nSPS) is 12.2. The Labute approximate surface area is 180 Å². The van der Waals surface area contributed by atoms with Crippen molar-refractivity contribution in [2.75, 3.05) is 27.5 Å². The molecule has 3 rings (SSSR count). The Bertz CT molecular complexity index is 1280. The van der Waals surface area contributed by atoms with Gasteiger partial charge in [-0.1, -0.05) is 5.16 Å². The molecular formula is C19H21N3O7S2. The summed E-state index contributed by atoms with van der Waals surface area (Å²) in [6, 6.07) is 10.1. The average molecular weight is 468 g/mol. The van der Waals surface area contributed by atoms with E-state index < -0.39 is 19.9 Å². The van der Waals surface area contributed by atoms with Gasteiger partial charge in [0.1, 0.15) is 0 Å². The summed E-state index contributed by atoms with van der Waals surface area (Å²) in [5, 5.41) is 3.89. The van der Waals surface area contributed by atoms with Gasteiger partial charge in [-0.05, 0) is 42.5 Å². The summed E-state index contributed by atoms with van der Waals surface area (Å²) < 4.78 is 65.4. The first-order valence-corrected chi connectivity index (χ1v) is 12.2. The Balaban J connectivity index is 1.80. The molecule has 1 aromatic heterocycles. The second kappa shape index (κ2) is 8.65. The van der Waals surface area contributed by atoms with E-state index in [0.29, 0.717) is 17.1 Å². The molecule has 0 unspecified atom stereocenters. The largest absolute Gasteiger partial charge is 0.493 e. The van der Waals surface area contributed by atoms with Gasteiger partial charge in [0, 0.05) is 18.9 Å². The Kier molecular flexibility index (Phi) is 6.34. The van der Waals surface area contributed by atoms with Crippen LogP contribution in [0.25, 0.3) is 11.4 Å². The highest BCUT2D eigenvalue weighted by Crippen LogP contribution is 2.31. The maximum Gasteiger partial charge on any atom is 0.243 e. The molecule has 0 aliphatic heterocycles. The molecule has 1 heterocycles. The van der Waals surface area contributed by atoms with Crippen molar-refractivity contribution in [3.63, 3.8) is 0 Å². The molecule has 2 aromatic carbocycles. The number of sulfone groups is 1. The minimum atomic E-state index is -3.90. The third kappa shape index (κ3) is 4.86. The molecule has 0 atom stereocenters. The quantitative estimate of drug-likeness (QED) is 0.488. The first kappa shape index (κ1) is 22.7. The van der Waals surface area contributed by atoms with Crippen LogP contribution in [0.1, 0.15) is 5.89 Å². The van der Waals surface area contributed by atoms with E-state index in [1.807, 2.05) is 0 Å². The number of methoxy groups -OCH3 is 2. The first-order chi connectivity index (χ1) is 14.6. The number of aromatic nitrogens is 2. The van der Waals surface area contributed by atoms with Crippen molar-refractivity contribution < 1.29 is 30.8 Å². The van der Waals surface area contributed by atoms with E-state index in [0.717, 1.165) is 10.6 Å². The van der Waals surface area contributed by atoms with Gasteiger partial charge in [-0.15, -0.1) is 0 Å². The summed E-state index contributed by atoms with van der Waals surface area (Å²) >= 11 is 0. The molecule has 0 amide bonds. The zero-order valence-electron chi connectivity index (χ0n) is 17.3. The number of rotatable bonds is 8. The van der Waals surface area contributed by atoms with E-state index in [4.69, 9.17) is 14.0 Å². The van der Waals surface area contributed by atoms with Gasteiger partial charge in [-0.2, -0.15) is 9.29 Å². The topological polar surface area (TPSA) is 129 Å². The zero-order chi connectivity index (χ0) is 22.8. The van der Waals surface area contributed by atoms with E-state index in [-0.39, 0.29) is 28.1 Å². The predicted molar refractivity (Wildman–Crippen MR) is 111 cm³/mol. The highest BCUT2D eigenvalue weighted by Gasteiger charge is 2.24. The molecule has 0 bridgehead atoms. The number of benzene rings is 2. The van der Waals surface area contributed by atoms with Crippen LogP contribution in [0.3, 0.4) is 0 Å². The first-order valence-electron chi connectivity index (χ1n) is 8.87. The molecule has 166 valence electrons. The van der Waals surface area contributed by atoms with Crippen molar-refractivity contribution in [2.24, 2.45) is 0 Å². The van der Waals surface area contributed by atoms with E-state index in [1.165, 1.54) is 45.5 Å². The minimum Gasteiger partial charge on any atom is -0.493 e. The molecule has 10 nitrogen and oxygen atoms in total. The number of sulfonamides is 1. The van der Waals surface area contributed by atoms with Crippen molar-refractivity contribution in [3.05, 3.63) is 48.4 Å². The van der Waals surface area contributed by atoms with E-state index in [1.54, 1.807) is 18.2 Å². The van der Waals surface area contributed by atoms with Gasteiger partial charge in [0.15, 0.2) is 21.3 Å². The van der Waals surface area contributed by atoms with Crippen LogP contribution in [-0.2, 0) is 26.4 Å². The Morgan fingerprint density at radius 1 is 0.935 bits per heavy atom. The van der Waals surface area contributed by atoms with E-state index in [9.17, 15) is 16.8 Å². The van der Waals surface area contributed by atoms with Gasteiger partial charge in [-0.25, -0.2) is 16.8 Å². The highest BCUT2D eigenvalue weighted by molar-refractivity contribution is 7.90. The molecule has 31 heavy (non-hydrogen) atoms. The van der Waals surface area contributed by atoms with Gasteiger partial charge in [0.05, 0.1) is 30.6 Å². The van der Waals surface area contributed by atoms with Crippen LogP contribution in [0.4, 0.5) is 0 Å². The van der Waals surface area contributed by atoms with Crippen LogP contribution in [0.15, 0.2) is 56.8 Å². The molecule has 0 saturated heterocycles. The second-order valence-electron chi connectivity index (χ2n) is 6.59. The lowest BCUT2D eigenvalue weighted by atomic mass is 10.2. The van der Waals surface area contributed by atoms with Gasteiger partial charge in [0.25, 0.3) is 0 Å². The summed E-state index contributed by atoms with van der Waals surface area (Å²) in [6.07, 6.45) is 1.05. The SMILES string of the molecule is COc1ccc(-c2noc(CN(C)S(=O)(=O)c3ccc(S(C)(=O)=O)cc3)n2)cc1OC. The molecule has 0 N–H and O–H groups in total. The number of hydrogen-bond acceptors (Lipinski definition) is 9. The summed E-state index contributed by atoms with van der Waals surface area (Å²) in [6.45, 7) is -0.170. The van der Waals surface area contributed by atoms with Crippen molar-refractivity contribution >= 4 is 19.9 Å². The maximum atomic E-state index is 12.8. The van der Waals surface area contributed by atoms with Crippen molar-refractivity contribution in [2.45, 2.75) is 16.3 Å². The van der Waals surface area contributed by atoms with Crippen LogP contribution < -0.4 is 9.47 Å². The molecule has 0 fully saturated rings. The summed E-state index contributed by atoms with van der Waals surface area (Å²) in [4.78, 5) is 4.22. The van der Waals surface area contributed by atoms with Crippen LogP contribution in [0, 0.1) is 0 Å². The van der Waals surface area contributed by atoms with Crippen LogP contribution in [0.5, 0.6) is 11.5 Å². The van der Waals surface area contributed by atoms with E-state index >= 15 is 0 Å². The Morgan fingerprint density at radius 3 is 2.13 bits per heavy atom. The predicted octanol–water partition coefficient (Wildman–Crippen LogP) is 1.98. The lowest BCUT2D eigenvalue weighted by Crippen LogP contribution is -2.26. The summed E-state index contributed by atoms with van der Waals surface area (Å²) in [7, 11) is -2.94. The lowest BCUT2D eigenvalue weighted by molar-refractivity contribution is 0.336. The lowest BCUT2D eigenvalue weighted by Gasteiger charge is -2.15. The van der Waals surface area contributed by atoms with Crippen LogP contribution in [-0.4, -0.2) is 58.8 Å². The van der Waals surface area contributed by atoms with Crippen LogP contribution >= 0.6 is 0 Å². The molecular weight excluding hydrogens is 446 g/mol. The second-order valence-corrected chi connectivity index (χ2v) is 10.6. The van der Waals surface area contributed by atoms with Crippen molar-refractivity contribution in [1.82, 2.24) is 14.4 Å². The minimum absolute atomic E-state index is 0.0329. The molecule has 12 heteroatoms. The highest BCUT2D eigenvalue weighted by atomic mass is 32.2. The fraction of sp³-hybridized carbons (Fsp3) is 0.263. The van der Waals surface area contributed by atoms with Crippen molar-refractivity contribution in [1.29, 1.82) is 0 Å². The zero-order valence-corrected chi connectivity index (χ0v) is 18.9. The monoisotopic (exact) mass is 467 g/mol.